The van der Waals surface area contributed by atoms with Gasteiger partial charge in [-0.2, -0.15) is 5.26 Å². The Hall–Kier alpha value is -1.05. The Morgan fingerprint density at radius 3 is 2.89 bits per heavy atom. The molecule has 0 fully saturated rings. The molecule has 1 atom stereocenters. The zero-order valence-electron chi connectivity index (χ0n) is 11.6. The number of hydrogen-bond donors (Lipinski definition) is 1. The van der Waals surface area contributed by atoms with Gasteiger partial charge in [-0.1, -0.05) is 13.0 Å². The van der Waals surface area contributed by atoms with Gasteiger partial charge in [0, 0.05) is 4.90 Å². The van der Waals surface area contributed by atoms with Gasteiger partial charge in [-0.15, -0.1) is 11.8 Å². The molecule has 1 aromatic rings. The fraction of sp³-hybridized carbons (Fsp3) is 0.533. The SMILES string of the molecule is CCCNC(C)(C#N)CCCSc1cccc(F)c1. The Bertz CT molecular complexity index is 430. The van der Waals surface area contributed by atoms with E-state index in [4.69, 9.17) is 0 Å². The van der Waals surface area contributed by atoms with Crippen molar-refractivity contribution < 1.29 is 4.39 Å². The Kier molecular flexibility index (Phi) is 6.90. The first-order chi connectivity index (χ1) is 9.09. The largest absolute Gasteiger partial charge is 0.300 e. The van der Waals surface area contributed by atoms with E-state index in [1.54, 1.807) is 23.9 Å². The average molecular weight is 280 g/mol. The van der Waals surface area contributed by atoms with E-state index in [9.17, 15) is 9.65 Å². The molecule has 0 radical (unpaired) electrons. The Labute approximate surface area is 119 Å². The van der Waals surface area contributed by atoms with E-state index >= 15 is 0 Å². The summed E-state index contributed by atoms with van der Waals surface area (Å²) in [4.78, 5) is 0.945. The number of hydrogen-bond acceptors (Lipinski definition) is 3. The fourth-order valence-electron chi connectivity index (χ4n) is 1.76. The molecule has 0 spiro atoms. The molecular weight excluding hydrogens is 259 g/mol. The van der Waals surface area contributed by atoms with E-state index in [2.05, 4.69) is 18.3 Å². The van der Waals surface area contributed by atoms with Crippen LogP contribution in [0.4, 0.5) is 4.39 Å². The monoisotopic (exact) mass is 280 g/mol. The summed E-state index contributed by atoms with van der Waals surface area (Å²) in [6, 6.07) is 8.97. The second-order valence-electron chi connectivity index (χ2n) is 4.78. The van der Waals surface area contributed by atoms with Gasteiger partial charge in [0.25, 0.3) is 0 Å². The van der Waals surface area contributed by atoms with Crippen molar-refractivity contribution in [3.63, 3.8) is 0 Å². The molecule has 1 rings (SSSR count). The van der Waals surface area contributed by atoms with Crippen molar-refractivity contribution in [2.75, 3.05) is 12.3 Å². The van der Waals surface area contributed by atoms with E-state index in [-0.39, 0.29) is 5.82 Å². The Balaban J connectivity index is 2.31. The van der Waals surface area contributed by atoms with Gasteiger partial charge in [0.05, 0.1) is 6.07 Å². The summed E-state index contributed by atoms with van der Waals surface area (Å²) in [5, 5.41) is 12.5. The predicted molar refractivity (Wildman–Crippen MR) is 78.7 cm³/mol. The topological polar surface area (TPSA) is 35.8 Å². The average Bonchev–Trinajstić information content (AvgIpc) is 2.42. The summed E-state index contributed by atoms with van der Waals surface area (Å²) < 4.78 is 13.0. The number of rotatable bonds is 8. The molecule has 1 N–H and O–H groups in total. The second-order valence-corrected chi connectivity index (χ2v) is 5.95. The maximum atomic E-state index is 13.0. The summed E-state index contributed by atoms with van der Waals surface area (Å²) in [7, 11) is 0. The molecule has 0 aliphatic rings. The highest BCUT2D eigenvalue weighted by atomic mass is 32.2. The fourth-order valence-corrected chi connectivity index (χ4v) is 2.65. The first-order valence-electron chi connectivity index (χ1n) is 6.64. The highest BCUT2D eigenvalue weighted by Crippen LogP contribution is 2.21. The van der Waals surface area contributed by atoms with Crippen molar-refractivity contribution in [1.29, 1.82) is 5.26 Å². The summed E-state index contributed by atoms with van der Waals surface area (Å²) in [6.07, 6.45) is 2.77. The van der Waals surface area contributed by atoms with Crippen LogP contribution in [0.2, 0.25) is 0 Å². The molecule has 0 saturated carbocycles. The van der Waals surface area contributed by atoms with Crippen LogP contribution in [0.3, 0.4) is 0 Å². The van der Waals surface area contributed by atoms with Gasteiger partial charge < -0.3 is 0 Å². The smallest absolute Gasteiger partial charge is 0.124 e. The van der Waals surface area contributed by atoms with Crippen molar-refractivity contribution in [2.24, 2.45) is 0 Å². The number of nitrogens with zero attached hydrogens (tertiary/aromatic N) is 1. The van der Waals surface area contributed by atoms with Crippen LogP contribution in [0.25, 0.3) is 0 Å². The minimum atomic E-state index is -0.446. The first kappa shape index (κ1) is 16.0. The van der Waals surface area contributed by atoms with E-state index in [1.165, 1.54) is 6.07 Å². The standard InChI is InChI=1S/C15H21FN2S/c1-3-9-18-15(2,12-17)8-5-10-19-14-7-4-6-13(16)11-14/h4,6-7,11,18H,3,5,8-10H2,1-2H3. The van der Waals surface area contributed by atoms with Gasteiger partial charge in [-0.25, -0.2) is 4.39 Å². The quantitative estimate of drug-likeness (QED) is 0.578. The lowest BCUT2D eigenvalue weighted by Gasteiger charge is -2.22. The van der Waals surface area contributed by atoms with Crippen LogP contribution in [0.1, 0.15) is 33.1 Å². The van der Waals surface area contributed by atoms with E-state index in [1.807, 2.05) is 13.0 Å². The number of halogens is 1. The van der Waals surface area contributed by atoms with Crippen LogP contribution in [0.15, 0.2) is 29.2 Å². The molecule has 104 valence electrons. The molecule has 19 heavy (non-hydrogen) atoms. The van der Waals surface area contributed by atoms with Gasteiger partial charge in [0.1, 0.15) is 11.4 Å². The van der Waals surface area contributed by atoms with Gasteiger partial charge in [-0.3, -0.25) is 5.32 Å². The molecule has 4 heteroatoms. The molecule has 2 nitrogen and oxygen atoms in total. The van der Waals surface area contributed by atoms with Crippen LogP contribution in [0.5, 0.6) is 0 Å². The molecule has 0 heterocycles. The first-order valence-corrected chi connectivity index (χ1v) is 7.63. The van der Waals surface area contributed by atoms with Crippen LogP contribution in [-0.2, 0) is 0 Å². The van der Waals surface area contributed by atoms with Crippen molar-refractivity contribution >= 4 is 11.8 Å². The van der Waals surface area contributed by atoms with Crippen LogP contribution < -0.4 is 5.32 Å². The van der Waals surface area contributed by atoms with Crippen molar-refractivity contribution in [1.82, 2.24) is 5.32 Å². The highest BCUT2D eigenvalue weighted by Gasteiger charge is 2.21. The number of nitriles is 1. The Morgan fingerprint density at radius 1 is 1.47 bits per heavy atom. The van der Waals surface area contributed by atoms with Gasteiger partial charge >= 0.3 is 0 Å². The van der Waals surface area contributed by atoms with Gasteiger partial charge in [-0.05, 0) is 56.7 Å². The molecule has 1 unspecified atom stereocenters. The molecule has 1 aromatic carbocycles. The van der Waals surface area contributed by atoms with Crippen molar-refractivity contribution in [3.8, 4) is 6.07 Å². The van der Waals surface area contributed by atoms with E-state index < -0.39 is 5.54 Å². The molecule has 0 saturated heterocycles. The normalized spacial score (nSPS) is 13.8. The summed E-state index contributed by atoms with van der Waals surface area (Å²) in [6.45, 7) is 4.89. The third-order valence-electron chi connectivity index (χ3n) is 2.90. The minimum absolute atomic E-state index is 0.198. The molecule has 0 aromatic heterocycles. The van der Waals surface area contributed by atoms with Crippen molar-refractivity contribution in [2.45, 2.75) is 43.5 Å². The third kappa shape index (κ3) is 6.09. The highest BCUT2D eigenvalue weighted by molar-refractivity contribution is 7.99. The Morgan fingerprint density at radius 2 is 2.26 bits per heavy atom. The van der Waals surface area contributed by atoms with Crippen molar-refractivity contribution in [3.05, 3.63) is 30.1 Å². The molecule has 0 aliphatic heterocycles. The van der Waals surface area contributed by atoms with Crippen LogP contribution in [-0.4, -0.2) is 17.8 Å². The lowest BCUT2D eigenvalue weighted by Crippen LogP contribution is -2.41. The number of nitrogens with one attached hydrogen (secondary N) is 1. The maximum Gasteiger partial charge on any atom is 0.124 e. The van der Waals surface area contributed by atoms with Gasteiger partial charge in [0.15, 0.2) is 0 Å². The maximum absolute atomic E-state index is 13.0. The zero-order chi connectivity index (χ0) is 14.1. The molecule has 0 aliphatic carbocycles. The van der Waals surface area contributed by atoms with Gasteiger partial charge in [0.2, 0.25) is 0 Å². The predicted octanol–water partition coefficient (Wildman–Crippen LogP) is 3.98. The van der Waals surface area contributed by atoms with E-state index in [0.29, 0.717) is 0 Å². The zero-order valence-corrected chi connectivity index (χ0v) is 12.4. The molecule has 0 bridgehead atoms. The molecule has 0 amide bonds. The summed E-state index contributed by atoms with van der Waals surface area (Å²) in [5.74, 6) is 0.700. The lowest BCUT2D eigenvalue weighted by atomic mass is 9.98. The van der Waals surface area contributed by atoms with Crippen LogP contribution in [0, 0.1) is 17.1 Å². The number of thioether (sulfide) groups is 1. The minimum Gasteiger partial charge on any atom is -0.300 e. The van der Waals surface area contributed by atoms with Crippen LogP contribution >= 0.6 is 11.8 Å². The third-order valence-corrected chi connectivity index (χ3v) is 3.98. The lowest BCUT2D eigenvalue weighted by molar-refractivity contribution is 0.415. The summed E-state index contributed by atoms with van der Waals surface area (Å²) in [5.41, 5.74) is -0.446. The van der Waals surface area contributed by atoms with E-state index in [0.717, 1.165) is 36.5 Å². The summed E-state index contributed by atoms with van der Waals surface area (Å²) >= 11 is 1.63. The number of benzene rings is 1. The second kappa shape index (κ2) is 8.19. The molecular formula is C15H21FN2S.